The Morgan fingerprint density at radius 3 is 2.16 bits per heavy atom. The van der Waals surface area contributed by atoms with Crippen LogP contribution >= 0.6 is 0 Å². The molecular formula is C41H28BN3. The molecule has 6 aromatic carbocycles. The second-order valence-electron chi connectivity index (χ2n) is 14.0. The lowest BCUT2D eigenvalue weighted by molar-refractivity contribution is 0.591. The third kappa shape index (κ3) is 2.82. The molecule has 2 aliphatic rings. The lowest BCUT2D eigenvalue weighted by atomic mass is 9.37. The molecule has 0 aliphatic carbocycles. The summed E-state index contributed by atoms with van der Waals surface area (Å²) in [5.41, 5.74) is 16.7. The monoisotopic (exact) mass is 573 g/mol. The number of hydrogen-bond acceptors (Lipinski definition) is 1. The van der Waals surface area contributed by atoms with Gasteiger partial charge in [0.15, 0.2) is 0 Å². The zero-order valence-electron chi connectivity index (χ0n) is 25.4. The average molecular weight is 574 g/mol. The quantitative estimate of drug-likeness (QED) is 0.144. The average Bonchev–Trinajstić information content (AvgIpc) is 3.71. The third-order valence-electron chi connectivity index (χ3n) is 10.6. The Morgan fingerprint density at radius 2 is 1.33 bits per heavy atom. The first kappa shape index (κ1) is 24.0. The van der Waals surface area contributed by atoms with Gasteiger partial charge in [-0.3, -0.25) is 4.40 Å². The van der Waals surface area contributed by atoms with Crippen LogP contribution in [0.4, 0.5) is 0 Å². The minimum atomic E-state index is 0.00612. The van der Waals surface area contributed by atoms with Gasteiger partial charge >= 0.3 is 0 Å². The molecule has 0 bridgehead atoms. The molecule has 0 N–H and O–H groups in total. The molecule has 5 heterocycles. The summed E-state index contributed by atoms with van der Waals surface area (Å²) >= 11 is 0. The van der Waals surface area contributed by atoms with Crippen molar-refractivity contribution < 1.29 is 0 Å². The van der Waals surface area contributed by atoms with Gasteiger partial charge in [-0.1, -0.05) is 111 Å². The maximum atomic E-state index is 5.39. The first-order valence-corrected chi connectivity index (χ1v) is 15.9. The maximum absolute atomic E-state index is 5.39. The van der Waals surface area contributed by atoms with Crippen LogP contribution in [0.5, 0.6) is 0 Å². The van der Waals surface area contributed by atoms with E-state index in [2.05, 4.69) is 145 Å². The van der Waals surface area contributed by atoms with E-state index >= 15 is 0 Å². The topological polar surface area (TPSA) is 22.2 Å². The number of pyridine rings is 1. The summed E-state index contributed by atoms with van der Waals surface area (Å²) in [7, 11) is 0. The van der Waals surface area contributed by atoms with Gasteiger partial charge in [-0.25, -0.2) is 4.98 Å². The third-order valence-corrected chi connectivity index (χ3v) is 10.6. The second kappa shape index (κ2) is 7.83. The standard InChI is InChI=1S/C41H28BN3/c1-41(2,3)23-19-33-39-34(20-23)43-40-29-15-8-7-13-25(29)28-18-17-27-30-22-36-31(21-32(30)42(33)37(27)38(28)45(39)40)26-14-9-10-16-35(26)44(36)24-11-5-4-6-12-24/h4-22H,1-3H3. The molecule has 210 valence electrons. The number of para-hydroxylation sites is 2. The predicted octanol–water partition coefficient (Wildman–Crippen LogP) is 8.00. The fourth-order valence-electron chi connectivity index (χ4n) is 8.64. The molecular weight excluding hydrogens is 545 g/mol. The van der Waals surface area contributed by atoms with Crippen LogP contribution in [0, 0.1) is 0 Å². The van der Waals surface area contributed by atoms with Crippen molar-refractivity contribution >= 4 is 83.3 Å². The number of nitrogens with zero attached hydrogens (tertiary/aromatic N) is 3. The number of fused-ring (bicyclic) bond motifs is 10. The molecule has 0 amide bonds. The largest absolute Gasteiger partial charge is 0.309 e. The van der Waals surface area contributed by atoms with E-state index in [0.717, 1.165) is 11.2 Å². The highest BCUT2D eigenvalue weighted by Crippen LogP contribution is 2.41. The molecule has 0 fully saturated rings. The lowest BCUT2D eigenvalue weighted by Crippen LogP contribution is -2.52. The van der Waals surface area contributed by atoms with Crippen molar-refractivity contribution in [1.29, 1.82) is 0 Å². The second-order valence-corrected chi connectivity index (χ2v) is 14.0. The van der Waals surface area contributed by atoms with Gasteiger partial charge in [0, 0.05) is 27.2 Å². The molecule has 4 heteroatoms. The van der Waals surface area contributed by atoms with E-state index in [4.69, 9.17) is 4.98 Å². The smallest absolute Gasteiger partial charge is 0.248 e. The van der Waals surface area contributed by atoms with Crippen molar-refractivity contribution in [1.82, 2.24) is 14.0 Å². The van der Waals surface area contributed by atoms with Crippen molar-refractivity contribution in [2.75, 3.05) is 0 Å². The van der Waals surface area contributed by atoms with Crippen LogP contribution in [0.1, 0.15) is 26.3 Å². The summed E-state index contributed by atoms with van der Waals surface area (Å²) in [4.78, 5) is 5.39. The maximum Gasteiger partial charge on any atom is 0.248 e. The molecule has 9 aromatic rings. The summed E-state index contributed by atoms with van der Waals surface area (Å²) in [6.45, 7) is 7.10. The van der Waals surface area contributed by atoms with Crippen molar-refractivity contribution in [2.24, 2.45) is 0 Å². The number of imidazole rings is 1. The predicted molar refractivity (Wildman–Crippen MR) is 191 cm³/mol. The molecule has 45 heavy (non-hydrogen) atoms. The van der Waals surface area contributed by atoms with E-state index in [1.807, 2.05) is 0 Å². The normalized spacial score (nSPS) is 13.6. The van der Waals surface area contributed by atoms with Gasteiger partial charge in [-0.15, -0.1) is 0 Å². The van der Waals surface area contributed by atoms with Crippen molar-refractivity contribution in [3.05, 3.63) is 121 Å². The van der Waals surface area contributed by atoms with Crippen LogP contribution in [0.3, 0.4) is 0 Å². The molecule has 0 unspecified atom stereocenters. The fraction of sp³-hybridized carbons (Fsp3) is 0.0976. The van der Waals surface area contributed by atoms with Crippen LogP contribution in [0.2, 0.25) is 0 Å². The van der Waals surface area contributed by atoms with E-state index in [-0.39, 0.29) is 12.1 Å². The van der Waals surface area contributed by atoms with Crippen LogP contribution < -0.4 is 16.4 Å². The molecule has 0 saturated heterocycles. The van der Waals surface area contributed by atoms with Gasteiger partial charge in [-0.2, -0.15) is 0 Å². The van der Waals surface area contributed by atoms with Gasteiger partial charge < -0.3 is 4.57 Å². The summed E-state index contributed by atoms with van der Waals surface area (Å²) in [5, 5.41) is 6.40. The van der Waals surface area contributed by atoms with E-state index in [0.29, 0.717) is 0 Å². The van der Waals surface area contributed by atoms with Gasteiger partial charge in [0.1, 0.15) is 5.65 Å². The number of aromatic nitrogens is 3. The molecule has 3 aromatic heterocycles. The molecule has 0 atom stereocenters. The highest BCUT2D eigenvalue weighted by atomic mass is 15.0. The first-order chi connectivity index (χ1) is 22.0. The van der Waals surface area contributed by atoms with Crippen LogP contribution in [0.15, 0.2) is 115 Å². The SMILES string of the molecule is CC(C)(C)c1cc2c3c(c1)nc1c4ccccc4c4ccc5c(c4n13)B2c1cc2c3ccccc3n(-c3ccccc3)c2cc1-5. The number of benzene rings is 6. The van der Waals surface area contributed by atoms with E-state index in [9.17, 15) is 0 Å². The molecule has 0 saturated carbocycles. The number of rotatable bonds is 1. The fourth-order valence-corrected chi connectivity index (χ4v) is 8.64. The molecule has 3 nitrogen and oxygen atoms in total. The summed E-state index contributed by atoms with van der Waals surface area (Å²) in [6.07, 6.45) is 0. The zero-order chi connectivity index (χ0) is 29.8. The molecule has 0 spiro atoms. The summed E-state index contributed by atoms with van der Waals surface area (Å²) < 4.78 is 4.94. The minimum Gasteiger partial charge on any atom is -0.309 e. The molecule has 2 aliphatic heterocycles. The van der Waals surface area contributed by atoms with Gasteiger partial charge in [0.2, 0.25) is 6.71 Å². The molecule has 0 radical (unpaired) electrons. The Morgan fingerprint density at radius 1 is 0.578 bits per heavy atom. The Hall–Kier alpha value is -5.35. The first-order valence-electron chi connectivity index (χ1n) is 15.9. The Bertz CT molecular complexity index is 2790. The zero-order valence-corrected chi connectivity index (χ0v) is 25.4. The van der Waals surface area contributed by atoms with Crippen molar-refractivity contribution in [3.63, 3.8) is 0 Å². The number of hydrogen-bond donors (Lipinski definition) is 0. The van der Waals surface area contributed by atoms with Crippen LogP contribution in [0.25, 0.3) is 77.0 Å². The van der Waals surface area contributed by atoms with E-state index in [1.165, 1.54) is 87.8 Å². The van der Waals surface area contributed by atoms with Crippen molar-refractivity contribution in [2.45, 2.75) is 26.2 Å². The Balaban J connectivity index is 1.35. The van der Waals surface area contributed by atoms with Gasteiger partial charge in [0.05, 0.1) is 27.6 Å². The van der Waals surface area contributed by atoms with E-state index < -0.39 is 0 Å². The van der Waals surface area contributed by atoms with Gasteiger partial charge in [0.25, 0.3) is 0 Å². The highest BCUT2D eigenvalue weighted by molar-refractivity contribution is 7.02. The highest BCUT2D eigenvalue weighted by Gasteiger charge is 2.42. The molecule has 11 rings (SSSR count). The lowest BCUT2D eigenvalue weighted by Gasteiger charge is -2.25. The van der Waals surface area contributed by atoms with Crippen molar-refractivity contribution in [3.8, 4) is 16.8 Å². The Kier molecular flexibility index (Phi) is 4.18. The van der Waals surface area contributed by atoms with E-state index in [1.54, 1.807) is 0 Å². The van der Waals surface area contributed by atoms with Crippen LogP contribution in [-0.4, -0.2) is 20.7 Å². The van der Waals surface area contributed by atoms with Crippen LogP contribution in [-0.2, 0) is 5.41 Å². The van der Waals surface area contributed by atoms with Gasteiger partial charge in [-0.05, 0) is 68.7 Å². The summed E-state index contributed by atoms with van der Waals surface area (Å²) in [5.74, 6) is 0. The summed E-state index contributed by atoms with van der Waals surface area (Å²) in [6, 6.07) is 43.1. The Labute approximate surface area is 260 Å². The minimum absolute atomic E-state index is 0.00612.